The zero-order valence-corrected chi connectivity index (χ0v) is 35.8. The number of hydrogen-bond acceptors (Lipinski definition) is 3. The molecule has 6 atom stereocenters. The summed E-state index contributed by atoms with van der Waals surface area (Å²) in [6.45, 7) is 9.43. The lowest BCUT2D eigenvalue weighted by Gasteiger charge is -2.39. The average Bonchev–Trinajstić information content (AvgIpc) is 3.73. The van der Waals surface area contributed by atoms with E-state index in [0.717, 1.165) is 28.9 Å². The molecule has 3 nitrogen and oxygen atoms in total. The third-order valence-electron chi connectivity index (χ3n) is 14.9. The maximum atomic E-state index is 5.44. The number of benzene rings is 5. The van der Waals surface area contributed by atoms with Crippen molar-refractivity contribution >= 4 is 11.1 Å². The highest BCUT2D eigenvalue weighted by Crippen LogP contribution is 2.55. The minimum atomic E-state index is -0.0271. The summed E-state index contributed by atoms with van der Waals surface area (Å²) in [7, 11) is 0. The van der Waals surface area contributed by atoms with Crippen LogP contribution in [0.2, 0.25) is 0 Å². The van der Waals surface area contributed by atoms with Gasteiger partial charge in [-0.3, -0.25) is 0 Å². The molecular formula is C59H49N3. The lowest BCUT2D eigenvalue weighted by molar-refractivity contribution is 0.395. The SMILES string of the molecule is CC1C=CC=C(C2c3cc(-c4nc(C5=CC6C(C=C5)c5ccccc5C6(C)C)nc(-c5ccc6c(c5)C(C)c5ccccc5-6)n4)ccc3C(c3ccccc3)=C3C=CC=CC32)C1. The second kappa shape index (κ2) is 14.2. The number of aromatic nitrogens is 3. The molecule has 0 amide bonds. The van der Waals surface area contributed by atoms with Crippen LogP contribution in [0.25, 0.3) is 45.0 Å². The Hall–Kier alpha value is -6.71. The van der Waals surface area contributed by atoms with Crippen LogP contribution in [0.3, 0.4) is 0 Å². The largest absolute Gasteiger partial charge is 0.208 e. The van der Waals surface area contributed by atoms with Crippen molar-refractivity contribution in [2.45, 2.75) is 57.3 Å². The zero-order valence-electron chi connectivity index (χ0n) is 35.8. The second-order valence-corrected chi connectivity index (χ2v) is 18.8. The molecule has 0 saturated heterocycles. The topological polar surface area (TPSA) is 38.7 Å². The van der Waals surface area contributed by atoms with E-state index in [-0.39, 0.29) is 17.3 Å². The van der Waals surface area contributed by atoms with Crippen LogP contribution in [-0.4, -0.2) is 15.0 Å². The van der Waals surface area contributed by atoms with E-state index < -0.39 is 0 Å². The molecule has 5 aromatic carbocycles. The van der Waals surface area contributed by atoms with Crippen molar-refractivity contribution in [3.63, 3.8) is 0 Å². The normalized spacial score (nSPS) is 24.4. The summed E-state index contributed by atoms with van der Waals surface area (Å²) in [5.74, 6) is 3.93. The fourth-order valence-corrected chi connectivity index (χ4v) is 11.8. The second-order valence-electron chi connectivity index (χ2n) is 18.8. The van der Waals surface area contributed by atoms with E-state index in [2.05, 4.69) is 204 Å². The fraction of sp³-hybridized carbons (Fsp3) is 0.203. The first-order valence-electron chi connectivity index (χ1n) is 22.5. The van der Waals surface area contributed by atoms with Crippen LogP contribution < -0.4 is 0 Å². The predicted molar refractivity (Wildman–Crippen MR) is 254 cm³/mol. The van der Waals surface area contributed by atoms with Gasteiger partial charge in [0.25, 0.3) is 0 Å². The molecule has 1 heterocycles. The van der Waals surface area contributed by atoms with E-state index in [4.69, 9.17) is 15.0 Å². The summed E-state index contributed by atoms with van der Waals surface area (Å²) in [5, 5.41) is 0. The summed E-state index contributed by atoms with van der Waals surface area (Å²) >= 11 is 0. The van der Waals surface area contributed by atoms with Gasteiger partial charge in [0, 0.05) is 40.4 Å². The number of fused-ring (bicyclic) bond motifs is 8. The van der Waals surface area contributed by atoms with E-state index in [9.17, 15) is 0 Å². The lowest BCUT2D eigenvalue weighted by atomic mass is 9.64. The van der Waals surface area contributed by atoms with Crippen LogP contribution in [0, 0.1) is 17.8 Å². The number of allylic oxidation sites excluding steroid dienone is 13. The van der Waals surface area contributed by atoms with Gasteiger partial charge in [-0.1, -0.05) is 197 Å². The highest BCUT2D eigenvalue weighted by Gasteiger charge is 2.45. The van der Waals surface area contributed by atoms with Gasteiger partial charge >= 0.3 is 0 Å². The predicted octanol–water partition coefficient (Wildman–Crippen LogP) is 14.1. The molecule has 6 aromatic rings. The Morgan fingerprint density at radius 2 is 1.24 bits per heavy atom. The van der Waals surface area contributed by atoms with Crippen molar-refractivity contribution < 1.29 is 0 Å². The molecule has 6 aliphatic carbocycles. The van der Waals surface area contributed by atoms with Crippen molar-refractivity contribution in [2.24, 2.45) is 17.8 Å². The molecule has 62 heavy (non-hydrogen) atoms. The van der Waals surface area contributed by atoms with Gasteiger partial charge < -0.3 is 0 Å². The van der Waals surface area contributed by atoms with E-state index >= 15 is 0 Å². The van der Waals surface area contributed by atoms with Crippen LogP contribution in [0.15, 0.2) is 187 Å². The Labute approximate surface area is 365 Å². The standard InChI is InChI=1S/C59H49N3/c1-35-15-14-18-38(31-35)55-48-23-11-10-22-47(48)54(37-16-6-5-7-17-37)49-30-27-40(33-51(49)55)57-60-56(39-25-28-44-43-20-9-8-19-42(43)36(2)50(44)32-39)61-58(62-57)41-26-29-46-45-21-12-13-24-52(45)59(3,4)53(46)34-41/h5-30,32-36,46,48,53,55H,31H2,1-4H3. The highest BCUT2D eigenvalue weighted by atomic mass is 15.0. The van der Waals surface area contributed by atoms with Crippen LogP contribution in [0.5, 0.6) is 0 Å². The highest BCUT2D eigenvalue weighted by molar-refractivity contribution is 5.90. The van der Waals surface area contributed by atoms with Gasteiger partial charge in [0.05, 0.1) is 0 Å². The van der Waals surface area contributed by atoms with Crippen molar-refractivity contribution in [3.8, 4) is 33.9 Å². The van der Waals surface area contributed by atoms with E-state index in [1.165, 1.54) is 66.8 Å². The van der Waals surface area contributed by atoms with Gasteiger partial charge in [-0.05, 0) is 97.0 Å². The van der Waals surface area contributed by atoms with Gasteiger partial charge in [0.15, 0.2) is 17.5 Å². The molecule has 0 bridgehead atoms. The first-order chi connectivity index (χ1) is 30.3. The fourth-order valence-electron chi connectivity index (χ4n) is 11.8. The molecule has 6 aliphatic rings. The first kappa shape index (κ1) is 37.1. The number of nitrogens with zero attached hydrogens (tertiary/aromatic N) is 3. The van der Waals surface area contributed by atoms with Gasteiger partial charge in [-0.2, -0.15) is 0 Å². The Balaban J connectivity index is 1.04. The molecule has 0 N–H and O–H groups in total. The van der Waals surface area contributed by atoms with Crippen LogP contribution in [0.1, 0.15) is 96.6 Å². The van der Waals surface area contributed by atoms with Crippen LogP contribution in [0.4, 0.5) is 0 Å². The van der Waals surface area contributed by atoms with Crippen molar-refractivity contribution in [2.75, 3.05) is 0 Å². The summed E-state index contributed by atoms with van der Waals surface area (Å²) in [6.07, 6.45) is 24.3. The summed E-state index contributed by atoms with van der Waals surface area (Å²) in [6, 6.07) is 42.6. The average molecular weight is 800 g/mol. The molecule has 0 saturated carbocycles. The van der Waals surface area contributed by atoms with Gasteiger partial charge in [-0.15, -0.1) is 0 Å². The molecule has 3 heteroatoms. The van der Waals surface area contributed by atoms with Gasteiger partial charge in [-0.25, -0.2) is 15.0 Å². The third kappa shape index (κ3) is 5.74. The Kier molecular flexibility index (Phi) is 8.48. The maximum absolute atomic E-state index is 5.44. The molecule has 12 rings (SSSR count). The number of hydrogen-bond donors (Lipinski definition) is 0. The summed E-state index contributed by atoms with van der Waals surface area (Å²) in [5.41, 5.74) is 19.3. The van der Waals surface area contributed by atoms with Gasteiger partial charge in [0.1, 0.15) is 0 Å². The Morgan fingerprint density at radius 3 is 2.05 bits per heavy atom. The van der Waals surface area contributed by atoms with Crippen molar-refractivity contribution in [3.05, 3.63) is 232 Å². The zero-order chi connectivity index (χ0) is 41.7. The summed E-state index contributed by atoms with van der Waals surface area (Å²) in [4.78, 5) is 16.2. The molecular weight excluding hydrogens is 751 g/mol. The Bertz CT molecular complexity index is 3080. The molecule has 300 valence electrons. The summed E-state index contributed by atoms with van der Waals surface area (Å²) < 4.78 is 0. The maximum Gasteiger partial charge on any atom is 0.164 e. The van der Waals surface area contributed by atoms with Crippen LogP contribution in [-0.2, 0) is 5.41 Å². The number of rotatable bonds is 5. The quantitative estimate of drug-likeness (QED) is 0.174. The van der Waals surface area contributed by atoms with Crippen molar-refractivity contribution in [1.82, 2.24) is 15.0 Å². The Morgan fingerprint density at radius 1 is 0.548 bits per heavy atom. The molecule has 0 fully saturated rings. The van der Waals surface area contributed by atoms with E-state index in [0.29, 0.717) is 35.3 Å². The molecule has 0 spiro atoms. The first-order valence-corrected chi connectivity index (χ1v) is 22.5. The lowest BCUT2D eigenvalue weighted by Crippen LogP contribution is -2.25. The van der Waals surface area contributed by atoms with Crippen molar-refractivity contribution in [1.29, 1.82) is 0 Å². The molecule has 0 radical (unpaired) electrons. The smallest absolute Gasteiger partial charge is 0.164 e. The monoisotopic (exact) mass is 799 g/mol. The van der Waals surface area contributed by atoms with E-state index in [1.807, 2.05) is 0 Å². The molecule has 6 unspecified atom stereocenters. The molecule has 1 aromatic heterocycles. The van der Waals surface area contributed by atoms with E-state index in [1.54, 1.807) is 0 Å². The molecule has 0 aliphatic heterocycles. The minimum Gasteiger partial charge on any atom is -0.208 e. The van der Waals surface area contributed by atoms with Gasteiger partial charge in [0.2, 0.25) is 0 Å². The minimum absolute atomic E-state index is 0.0271. The third-order valence-corrected chi connectivity index (χ3v) is 14.9. The van der Waals surface area contributed by atoms with Crippen LogP contribution >= 0.6 is 0 Å².